The van der Waals surface area contributed by atoms with Crippen molar-refractivity contribution in [3.8, 4) is 0 Å². The predicted molar refractivity (Wildman–Crippen MR) is 58.9 cm³/mol. The molecule has 5 nitrogen and oxygen atoms in total. The highest BCUT2D eigenvalue weighted by Crippen LogP contribution is 2.14. The van der Waals surface area contributed by atoms with Gasteiger partial charge in [0.15, 0.2) is 0 Å². The molecule has 0 aromatic heterocycles. The quantitative estimate of drug-likeness (QED) is 0.839. The number of nitrogens with one attached hydrogen (secondary N) is 1. The summed E-state index contributed by atoms with van der Waals surface area (Å²) >= 11 is 3.17. The molecule has 1 aromatic rings. The second kappa shape index (κ2) is 4.94. The highest BCUT2D eigenvalue weighted by Gasteiger charge is 2.17. The summed E-state index contributed by atoms with van der Waals surface area (Å²) in [6, 6.07) is 4.58. The topological polar surface area (TPSA) is 86.3 Å². The van der Waals surface area contributed by atoms with E-state index in [0.717, 1.165) is 4.47 Å². The lowest BCUT2D eigenvalue weighted by Crippen LogP contribution is -2.45. The van der Waals surface area contributed by atoms with E-state index < -0.39 is 22.0 Å². The molecule has 88 valence electrons. The Morgan fingerprint density at radius 3 is 2.31 bits per heavy atom. The van der Waals surface area contributed by atoms with Gasteiger partial charge >= 0.3 is 0 Å². The van der Waals surface area contributed by atoms with Crippen molar-refractivity contribution in [2.24, 2.45) is 0 Å². The summed E-state index contributed by atoms with van der Waals surface area (Å²) in [5.74, 6) is -1.47. The number of benzene rings is 1. The molecule has 7 heteroatoms. The predicted octanol–water partition coefficient (Wildman–Crippen LogP) is -0.134. The van der Waals surface area contributed by atoms with Gasteiger partial charge in [-0.25, -0.2) is 13.1 Å². The lowest BCUT2D eigenvalue weighted by molar-refractivity contribution is -0.307. The number of carboxylic acids is 1. The summed E-state index contributed by atoms with van der Waals surface area (Å²) in [7, 11) is -3.81. The van der Waals surface area contributed by atoms with Crippen molar-refractivity contribution in [1.29, 1.82) is 0 Å². The number of sulfonamides is 1. The molecule has 16 heavy (non-hydrogen) atoms. The number of aliphatic carboxylic acids is 1. The van der Waals surface area contributed by atoms with E-state index >= 15 is 0 Å². The Morgan fingerprint density at radius 2 is 1.88 bits per heavy atom. The first-order valence-corrected chi connectivity index (χ1v) is 6.59. The second-order valence-electron chi connectivity index (χ2n) is 3.12. The highest BCUT2D eigenvalue weighted by molar-refractivity contribution is 9.10. The molecule has 1 N–H and O–H groups in total. The highest BCUT2D eigenvalue weighted by atomic mass is 79.9. The number of rotatable bonds is 4. The number of hydrogen-bond acceptors (Lipinski definition) is 4. The maximum absolute atomic E-state index is 11.6. The molecule has 0 bridgehead atoms. The van der Waals surface area contributed by atoms with Crippen LogP contribution in [0.3, 0.4) is 0 Å². The Hall–Kier alpha value is -0.920. The number of carbonyl (C=O) groups excluding carboxylic acids is 1. The maximum atomic E-state index is 11.6. The molecule has 1 atom stereocenters. The number of carboxylic acid groups (broad SMARTS) is 1. The van der Waals surface area contributed by atoms with Gasteiger partial charge in [0.05, 0.1) is 16.9 Å². The minimum atomic E-state index is -3.81. The van der Waals surface area contributed by atoms with Crippen LogP contribution in [0.4, 0.5) is 0 Å². The van der Waals surface area contributed by atoms with E-state index in [1.807, 2.05) is 4.72 Å². The van der Waals surface area contributed by atoms with Gasteiger partial charge in [-0.3, -0.25) is 0 Å². The van der Waals surface area contributed by atoms with Crippen LogP contribution in [-0.4, -0.2) is 20.4 Å². The fourth-order valence-corrected chi connectivity index (χ4v) is 2.42. The van der Waals surface area contributed by atoms with Crippen LogP contribution >= 0.6 is 15.9 Å². The van der Waals surface area contributed by atoms with Crippen molar-refractivity contribution in [1.82, 2.24) is 4.72 Å². The van der Waals surface area contributed by atoms with Crippen molar-refractivity contribution in [2.45, 2.75) is 17.9 Å². The number of carbonyl (C=O) groups is 1. The minimum Gasteiger partial charge on any atom is -0.548 e. The van der Waals surface area contributed by atoms with E-state index in [1.165, 1.54) is 19.1 Å². The molecule has 0 saturated heterocycles. The van der Waals surface area contributed by atoms with Crippen LogP contribution < -0.4 is 9.83 Å². The van der Waals surface area contributed by atoms with Crippen molar-refractivity contribution in [2.75, 3.05) is 0 Å². The molecule has 1 aromatic carbocycles. The molecule has 0 heterocycles. The van der Waals surface area contributed by atoms with Crippen molar-refractivity contribution < 1.29 is 18.3 Å². The average molecular weight is 307 g/mol. The molecule has 0 saturated carbocycles. The average Bonchev–Trinajstić information content (AvgIpc) is 2.17. The molecule has 0 amide bonds. The van der Waals surface area contributed by atoms with Gasteiger partial charge < -0.3 is 9.90 Å². The van der Waals surface area contributed by atoms with Crippen LogP contribution in [0.15, 0.2) is 33.6 Å². The Morgan fingerprint density at radius 1 is 1.38 bits per heavy atom. The molecule has 0 radical (unpaired) electrons. The first-order valence-electron chi connectivity index (χ1n) is 4.31. The van der Waals surface area contributed by atoms with Gasteiger partial charge in [0, 0.05) is 4.47 Å². The van der Waals surface area contributed by atoms with E-state index in [2.05, 4.69) is 15.9 Å². The Balaban J connectivity index is 2.94. The van der Waals surface area contributed by atoms with E-state index in [4.69, 9.17) is 0 Å². The van der Waals surface area contributed by atoms with Crippen molar-refractivity contribution in [3.05, 3.63) is 28.7 Å². The summed E-state index contributed by atoms with van der Waals surface area (Å²) in [5.41, 5.74) is 0. The van der Waals surface area contributed by atoms with Gasteiger partial charge in [-0.2, -0.15) is 0 Å². The zero-order chi connectivity index (χ0) is 12.3. The van der Waals surface area contributed by atoms with E-state index in [9.17, 15) is 18.3 Å². The SMILES string of the molecule is C[C@@H](NS(=O)(=O)c1ccc(Br)cc1)C(=O)[O-]. The summed E-state index contributed by atoms with van der Waals surface area (Å²) in [6.45, 7) is 1.20. The van der Waals surface area contributed by atoms with Gasteiger partial charge in [0.25, 0.3) is 0 Å². The molecule has 0 spiro atoms. The normalized spacial score (nSPS) is 13.4. The smallest absolute Gasteiger partial charge is 0.241 e. The molecule has 0 unspecified atom stereocenters. The standard InChI is InChI=1S/C9H10BrNO4S/c1-6(9(12)13)11-16(14,15)8-4-2-7(10)3-5-8/h2-6,11H,1H3,(H,12,13)/p-1/t6-/m1/s1. The fourth-order valence-electron chi connectivity index (χ4n) is 0.963. The first-order chi connectivity index (χ1) is 7.33. The summed E-state index contributed by atoms with van der Waals surface area (Å²) < 4.78 is 26.0. The minimum absolute atomic E-state index is 0.00352. The van der Waals surface area contributed by atoms with Crippen molar-refractivity contribution >= 4 is 31.9 Å². The van der Waals surface area contributed by atoms with Gasteiger partial charge in [-0.15, -0.1) is 0 Å². The fraction of sp³-hybridized carbons (Fsp3) is 0.222. The summed E-state index contributed by atoms with van der Waals surface area (Å²) in [5, 5.41) is 10.4. The van der Waals surface area contributed by atoms with E-state index in [-0.39, 0.29) is 4.90 Å². The Labute approximate surface area is 102 Å². The third kappa shape index (κ3) is 3.29. The molecule has 1 rings (SSSR count). The molecule has 0 aliphatic carbocycles. The number of hydrogen-bond donors (Lipinski definition) is 1. The van der Waals surface area contributed by atoms with Crippen LogP contribution in [0.2, 0.25) is 0 Å². The van der Waals surface area contributed by atoms with Crippen LogP contribution in [0, 0.1) is 0 Å². The zero-order valence-corrected chi connectivity index (χ0v) is 10.7. The zero-order valence-electron chi connectivity index (χ0n) is 8.31. The molecule has 0 aliphatic rings. The molecular formula is C9H9BrNO4S-. The third-order valence-corrected chi connectivity index (χ3v) is 3.89. The Bertz CT molecular complexity index is 483. The van der Waals surface area contributed by atoms with Crippen LogP contribution in [0.5, 0.6) is 0 Å². The molecule has 0 fully saturated rings. The molecule has 0 aliphatic heterocycles. The third-order valence-electron chi connectivity index (χ3n) is 1.81. The van der Waals surface area contributed by atoms with E-state index in [1.54, 1.807) is 12.1 Å². The monoisotopic (exact) mass is 306 g/mol. The first kappa shape index (κ1) is 13.1. The summed E-state index contributed by atoms with van der Waals surface area (Å²) in [6.07, 6.45) is 0. The Kier molecular flexibility index (Phi) is 4.06. The van der Waals surface area contributed by atoms with Gasteiger partial charge in [-0.1, -0.05) is 15.9 Å². The van der Waals surface area contributed by atoms with Gasteiger partial charge in [0.2, 0.25) is 10.0 Å². The van der Waals surface area contributed by atoms with Crippen molar-refractivity contribution in [3.63, 3.8) is 0 Å². The molecular weight excluding hydrogens is 298 g/mol. The second-order valence-corrected chi connectivity index (χ2v) is 5.75. The van der Waals surface area contributed by atoms with Crippen LogP contribution in [-0.2, 0) is 14.8 Å². The lowest BCUT2D eigenvalue weighted by atomic mass is 10.4. The largest absolute Gasteiger partial charge is 0.548 e. The lowest BCUT2D eigenvalue weighted by Gasteiger charge is -2.14. The van der Waals surface area contributed by atoms with Gasteiger partial charge in [0.1, 0.15) is 0 Å². The maximum Gasteiger partial charge on any atom is 0.241 e. The van der Waals surface area contributed by atoms with Gasteiger partial charge in [-0.05, 0) is 31.2 Å². The van der Waals surface area contributed by atoms with Crippen LogP contribution in [0.25, 0.3) is 0 Å². The summed E-state index contributed by atoms with van der Waals surface area (Å²) in [4.78, 5) is 10.4. The van der Waals surface area contributed by atoms with Crippen LogP contribution in [0.1, 0.15) is 6.92 Å². The number of halogens is 1. The van der Waals surface area contributed by atoms with E-state index in [0.29, 0.717) is 0 Å².